The van der Waals surface area contributed by atoms with Crippen molar-refractivity contribution in [2.24, 2.45) is 5.41 Å². The molecule has 6 nitrogen and oxygen atoms in total. The van der Waals surface area contributed by atoms with Crippen molar-refractivity contribution in [1.29, 1.82) is 0 Å². The first-order chi connectivity index (χ1) is 16.5. The van der Waals surface area contributed by atoms with Gasteiger partial charge in [-0.15, -0.1) is 0 Å². The quantitative estimate of drug-likeness (QED) is 0.624. The standard InChI is InChI=1S/C27H33ClN2O4/c1-33-22-8-6-7-20(17-22)26(32)30-14-12-27(13-15-30)11-4-2-3-5-16-34-24-10-9-21(28)18-23(24)25(31)29-19-27/h6-10,17-18H,2-5,11-16,19H2,1H3,(H,29,31). The minimum Gasteiger partial charge on any atom is -0.497 e. The van der Waals surface area contributed by atoms with Crippen LogP contribution >= 0.6 is 11.6 Å². The second-order valence-corrected chi connectivity index (χ2v) is 9.80. The van der Waals surface area contributed by atoms with Gasteiger partial charge < -0.3 is 19.7 Å². The number of ether oxygens (including phenoxy) is 2. The first-order valence-corrected chi connectivity index (χ1v) is 12.5. The number of rotatable bonds is 2. The van der Waals surface area contributed by atoms with Gasteiger partial charge in [0, 0.05) is 30.2 Å². The number of methoxy groups -OCH3 is 1. The highest BCUT2D eigenvalue weighted by Crippen LogP contribution is 2.37. The third kappa shape index (κ3) is 5.84. The molecule has 4 rings (SSSR count). The van der Waals surface area contributed by atoms with E-state index in [4.69, 9.17) is 21.1 Å². The highest BCUT2D eigenvalue weighted by atomic mass is 35.5. The predicted molar refractivity (Wildman–Crippen MR) is 133 cm³/mol. The van der Waals surface area contributed by atoms with Crippen LogP contribution in [-0.2, 0) is 0 Å². The van der Waals surface area contributed by atoms with Gasteiger partial charge in [-0.25, -0.2) is 0 Å². The summed E-state index contributed by atoms with van der Waals surface area (Å²) in [6, 6.07) is 12.5. The fourth-order valence-electron chi connectivity index (χ4n) is 4.94. The molecule has 0 aliphatic carbocycles. The van der Waals surface area contributed by atoms with Crippen LogP contribution in [0.15, 0.2) is 42.5 Å². The Hall–Kier alpha value is -2.73. The van der Waals surface area contributed by atoms with Crippen molar-refractivity contribution in [3.8, 4) is 11.5 Å². The number of hydrogen-bond acceptors (Lipinski definition) is 4. The summed E-state index contributed by atoms with van der Waals surface area (Å²) >= 11 is 6.17. The summed E-state index contributed by atoms with van der Waals surface area (Å²) in [5.74, 6) is 1.13. The van der Waals surface area contributed by atoms with Crippen molar-refractivity contribution < 1.29 is 19.1 Å². The van der Waals surface area contributed by atoms with E-state index in [1.807, 2.05) is 23.1 Å². The van der Waals surface area contributed by atoms with Crippen molar-refractivity contribution in [2.45, 2.75) is 44.9 Å². The molecule has 1 fully saturated rings. The first kappa shape index (κ1) is 24.4. The van der Waals surface area contributed by atoms with Gasteiger partial charge in [-0.1, -0.05) is 36.9 Å². The summed E-state index contributed by atoms with van der Waals surface area (Å²) in [6.07, 6.45) is 7.07. The van der Waals surface area contributed by atoms with Crippen LogP contribution in [0.2, 0.25) is 5.02 Å². The minimum absolute atomic E-state index is 0.0194. The van der Waals surface area contributed by atoms with Crippen molar-refractivity contribution in [3.05, 3.63) is 58.6 Å². The number of halogens is 1. The van der Waals surface area contributed by atoms with Crippen LogP contribution in [0.4, 0.5) is 0 Å². The van der Waals surface area contributed by atoms with Crippen molar-refractivity contribution in [3.63, 3.8) is 0 Å². The Kier molecular flexibility index (Phi) is 7.99. The Morgan fingerprint density at radius 3 is 2.65 bits per heavy atom. The Balaban J connectivity index is 1.46. The van der Waals surface area contributed by atoms with Crippen molar-refractivity contribution >= 4 is 23.4 Å². The zero-order chi connectivity index (χ0) is 24.0. The van der Waals surface area contributed by atoms with E-state index in [0.29, 0.717) is 53.9 Å². The summed E-state index contributed by atoms with van der Waals surface area (Å²) in [6.45, 7) is 2.53. The zero-order valence-corrected chi connectivity index (χ0v) is 20.5. The number of fused-ring (bicyclic) bond motifs is 1. The molecular formula is C27H33ClN2O4. The van der Waals surface area contributed by atoms with E-state index < -0.39 is 0 Å². The summed E-state index contributed by atoms with van der Waals surface area (Å²) in [5.41, 5.74) is 1.11. The second kappa shape index (κ2) is 11.1. The third-order valence-electron chi connectivity index (χ3n) is 7.10. The summed E-state index contributed by atoms with van der Waals surface area (Å²) in [7, 11) is 1.60. The highest BCUT2D eigenvalue weighted by molar-refractivity contribution is 6.31. The summed E-state index contributed by atoms with van der Waals surface area (Å²) in [5, 5.41) is 3.67. The largest absolute Gasteiger partial charge is 0.497 e. The Morgan fingerprint density at radius 1 is 1.06 bits per heavy atom. The van der Waals surface area contributed by atoms with E-state index in [1.165, 1.54) is 0 Å². The predicted octanol–water partition coefficient (Wildman–Crippen LogP) is 5.34. The van der Waals surface area contributed by atoms with Crippen molar-refractivity contribution in [2.75, 3.05) is 33.4 Å². The second-order valence-electron chi connectivity index (χ2n) is 9.36. The molecule has 1 spiro atoms. The zero-order valence-electron chi connectivity index (χ0n) is 19.8. The fraction of sp³-hybridized carbons (Fsp3) is 0.481. The maximum Gasteiger partial charge on any atom is 0.255 e. The van der Waals surface area contributed by atoms with Gasteiger partial charge >= 0.3 is 0 Å². The van der Waals surface area contributed by atoms with E-state index in [-0.39, 0.29) is 17.2 Å². The molecule has 0 atom stereocenters. The number of hydrogen-bond donors (Lipinski definition) is 1. The normalized spacial score (nSPS) is 19.0. The molecule has 0 bridgehead atoms. The molecule has 2 aliphatic rings. The molecule has 0 radical (unpaired) electrons. The number of carbonyl (C=O) groups is 2. The Bertz CT molecular complexity index is 1020. The van der Waals surface area contributed by atoms with E-state index in [2.05, 4.69) is 5.32 Å². The number of carbonyl (C=O) groups excluding carboxylic acids is 2. The van der Waals surface area contributed by atoms with E-state index in [1.54, 1.807) is 31.4 Å². The van der Waals surface area contributed by atoms with Gasteiger partial charge in [0.1, 0.15) is 11.5 Å². The molecule has 2 heterocycles. The minimum atomic E-state index is -0.161. The molecular weight excluding hydrogens is 452 g/mol. The number of nitrogens with zero attached hydrogens (tertiary/aromatic N) is 1. The fourth-order valence-corrected chi connectivity index (χ4v) is 5.12. The van der Waals surface area contributed by atoms with Gasteiger partial charge in [-0.05, 0) is 67.5 Å². The maximum atomic E-state index is 13.1. The molecule has 0 saturated carbocycles. The molecule has 1 saturated heterocycles. The topological polar surface area (TPSA) is 67.9 Å². The van der Waals surface area contributed by atoms with Crippen LogP contribution < -0.4 is 14.8 Å². The van der Waals surface area contributed by atoms with Crippen molar-refractivity contribution in [1.82, 2.24) is 10.2 Å². The van der Waals surface area contributed by atoms with Crippen LogP contribution in [0.25, 0.3) is 0 Å². The van der Waals surface area contributed by atoms with Crippen LogP contribution in [0.5, 0.6) is 11.5 Å². The van der Waals surface area contributed by atoms with E-state index in [0.717, 1.165) is 44.9 Å². The van der Waals surface area contributed by atoms with Gasteiger partial charge in [0.25, 0.3) is 11.8 Å². The number of likely N-dealkylation sites (tertiary alicyclic amines) is 1. The first-order valence-electron chi connectivity index (χ1n) is 12.1. The van der Waals surface area contributed by atoms with Crippen LogP contribution in [0, 0.1) is 5.41 Å². The molecule has 34 heavy (non-hydrogen) atoms. The number of piperidine rings is 1. The van der Waals surface area contributed by atoms with Gasteiger partial charge in [-0.2, -0.15) is 0 Å². The number of benzene rings is 2. The van der Waals surface area contributed by atoms with Gasteiger partial charge in [0.15, 0.2) is 0 Å². The molecule has 0 aromatic heterocycles. The molecule has 2 amide bonds. The number of nitrogens with one attached hydrogen (secondary N) is 1. The molecule has 1 N–H and O–H groups in total. The average Bonchev–Trinajstić information content (AvgIpc) is 2.88. The number of amides is 2. The van der Waals surface area contributed by atoms with Gasteiger partial charge in [0.05, 0.1) is 19.3 Å². The Morgan fingerprint density at radius 2 is 1.85 bits per heavy atom. The van der Waals surface area contributed by atoms with Crippen LogP contribution in [0.1, 0.15) is 65.7 Å². The lowest BCUT2D eigenvalue weighted by Gasteiger charge is -2.42. The van der Waals surface area contributed by atoms with E-state index in [9.17, 15) is 9.59 Å². The highest BCUT2D eigenvalue weighted by Gasteiger charge is 2.36. The third-order valence-corrected chi connectivity index (χ3v) is 7.33. The smallest absolute Gasteiger partial charge is 0.255 e. The molecule has 0 unspecified atom stereocenters. The molecule has 7 heteroatoms. The molecule has 182 valence electrons. The van der Waals surface area contributed by atoms with Crippen LogP contribution in [0.3, 0.4) is 0 Å². The van der Waals surface area contributed by atoms with Gasteiger partial charge in [-0.3, -0.25) is 9.59 Å². The van der Waals surface area contributed by atoms with Gasteiger partial charge in [0.2, 0.25) is 0 Å². The SMILES string of the molecule is COc1cccc(C(=O)N2CCC3(CCCCCCOc4ccc(Cl)cc4C(=O)NC3)CC2)c1. The van der Waals surface area contributed by atoms with Crippen LogP contribution in [-0.4, -0.2) is 50.1 Å². The molecule has 2 aromatic carbocycles. The lowest BCUT2D eigenvalue weighted by Crippen LogP contribution is -2.48. The maximum absolute atomic E-state index is 13.1. The molecule has 2 aliphatic heterocycles. The monoisotopic (exact) mass is 484 g/mol. The summed E-state index contributed by atoms with van der Waals surface area (Å²) in [4.78, 5) is 28.1. The lowest BCUT2D eigenvalue weighted by molar-refractivity contribution is 0.0535. The van der Waals surface area contributed by atoms with E-state index >= 15 is 0 Å². The Labute approximate surface area is 206 Å². The average molecular weight is 485 g/mol. The molecule has 2 aromatic rings. The lowest BCUT2D eigenvalue weighted by atomic mass is 9.74. The summed E-state index contributed by atoms with van der Waals surface area (Å²) < 4.78 is 11.2.